The van der Waals surface area contributed by atoms with Crippen LogP contribution in [-0.4, -0.2) is 22.0 Å². The van der Waals surface area contributed by atoms with Crippen LogP contribution in [0.3, 0.4) is 0 Å². The highest BCUT2D eigenvalue weighted by Gasteiger charge is 2.38. The van der Waals surface area contributed by atoms with Gasteiger partial charge in [-0.25, -0.2) is 9.29 Å². The average Bonchev–Trinajstić information content (AvgIpc) is 3.27. The van der Waals surface area contributed by atoms with Gasteiger partial charge in [0.15, 0.2) is 0 Å². The van der Waals surface area contributed by atoms with E-state index in [0.717, 1.165) is 15.8 Å². The lowest BCUT2D eigenvalue weighted by atomic mass is 10.1. The van der Waals surface area contributed by atoms with E-state index >= 15 is 0 Å². The molecule has 5 rings (SSSR count). The molecule has 1 aliphatic heterocycles. The van der Waals surface area contributed by atoms with Gasteiger partial charge in [-0.3, -0.25) is 14.7 Å². The van der Waals surface area contributed by atoms with Crippen LogP contribution < -0.4 is 10.6 Å². The molecule has 0 atom stereocenters. The van der Waals surface area contributed by atoms with E-state index < -0.39 is 17.6 Å². The van der Waals surface area contributed by atoms with Crippen LogP contribution in [-0.2, 0) is 0 Å². The molecule has 1 aromatic heterocycles. The lowest BCUT2D eigenvalue weighted by molar-refractivity contribution is 0.0926. The Morgan fingerprint density at radius 3 is 2.63 bits per heavy atom. The summed E-state index contributed by atoms with van der Waals surface area (Å²) in [6, 6.07) is 16.2. The molecular weight excluding hydrogens is 383 g/mol. The Bertz CT molecular complexity index is 1370. The molecule has 0 radical (unpaired) electrons. The van der Waals surface area contributed by atoms with Crippen molar-refractivity contribution >= 4 is 46.2 Å². The number of aromatic nitrogens is 2. The minimum absolute atomic E-state index is 0.167. The smallest absolute Gasteiger partial charge is 0.268 e. The number of nitrogens with zero attached hydrogens (tertiary/aromatic N) is 2. The molecule has 2 amide bonds. The number of H-pyrrole nitrogens is 1. The largest absolute Gasteiger partial charge is 0.398 e. The van der Waals surface area contributed by atoms with Gasteiger partial charge in [0, 0.05) is 16.6 Å². The Kier molecular flexibility index (Phi) is 3.96. The molecule has 7 heteroatoms. The number of carbonyl (C=O) groups excluding carboxylic acids is 2. The number of hydrogen-bond acceptors (Lipinski definition) is 4. The third kappa shape index (κ3) is 2.68. The summed E-state index contributed by atoms with van der Waals surface area (Å²) in [5.74, 6) is -1.50. The number of anilines is 2. The molecule has 0 fully saturated rings. The lowest BCUT2D eigenvalue weighted by Crippen LogP contribution is -2.30. The molecule has 0 saturated heterocycles. The molecule has 1 aliphatic rings. The number of hydrogen-bond donors (Lipinski definition) is 2. The normalized spacial score (nSPS) is 13.6. The van der Waals surface area contributed by atoms with Crippen LogP contribution >= 0.6 is 0 Å². The van der Waals surface area contributed by atoms with E-state index in [4.69, 9.17) is 5.73 Å². The molecule has 146 valence electrons. The highest BCUT2D eigenvalue weighted by molar-refractivity contribution is 6.36. The van der Waals surface area contributed by atoms with Crippen LogP contribution in [0.25, 0.3) is 23.1 Å². The molecule has 30 heavy (non-hydrogen) atoms. The summed E-state index contributed by atoms with van der Waals surface area (Å²) in [6.45, 7) is 0. The van der Waals surface area contributed by atoms with Gasteiger partial charge in [-0.05, 0) is 42.5 Å². The Labute approximate surface area is 170 Å². The molecular formula is C23H15FN4O2. The van der Waals surface area contributed by atoms with Crippen molar-refractivity contribution in [1.29, 1.82) is 0 Å². The van der Waals surface area contributed by atoms with E-state index in [1.54, 1.807) is 30.4 Å². The summed E-state index contributed by atoms with van der Waals surface area (Å²) in [5.41, 5.74) is 8.72. The summed E-state index contributed by atoms with van der Waals surface area (Å²) in [7, 11) is 0. The van der Waals surface area contributed by atoms with E-state index in [1.807, 2.05) is 24.3 Å². The maximum Gasteiger partial charge on any atom is 0.268 e. The van der Waals surface area contributed by atoms with Crippen molar-refractivity contribution in [2.45, 2.75) is 0 Å². The minimum atomic E-state index is -0.528. The second-order valence-corrected chi connectivity index (χ2v) is 6.91. The summed E-state index contributed by atoms with van der Waals surface area (Å²) in [6.07, 6.45) is 3.34. The van der Waals surface area contributed by atoms with Crippen LogP contribution in [0.15, 0.2) is 60.7 Å². The number of amides is 2. The van der Waals surface area contributed by atoms with Gasteiger partial charge in [-0.1, -0.05) is 30.3 Å². The first kappa shape index (κ1) is 17.8. The average molecular weight is 398 g/mol. The van der Waals surface area contributed by atoms with E-state index in [0.29, 0.717) is 11.3 Å². The van der Waals surface area contributed by atoms with Crippen molar-refractivity contribution in [2.75, 3.05) is 10.6 Å². The Hall–Kier alpha value is -4.26. The molecule has 0 aliphatic carbocycles. The van der Waals surface area contributed by atoms with Gasteiger partial charge >= 0.3 is 0 Å². The fourth-order valence-corrected chi connectivity index (χ4v) is 3.67. The minimum Gasteiger partial charge on any atom is -0.398 e. The van der Waals surface area contributed by atoms with Crippen molar-refractivity contribution in [1.82, 2.24) is 10.2 Å². The molecule has 3 N–H and O–H groups in total. The Balaban J connectivity index is 1.59. The van der Waals surface area contributed by atoms with Gasteiger partial charge in [0.2, 0.25) is 0 Å². The molecule has 0 saturated carbocycles. The fraction of sp³-hybridized carbons (Fsp3) is 0. The van der Waals surface area contributed by atoms with Crippen molar-refractivity contribution in [3.8, 4) is 0 Å². The molecule has 0 spiro atoms. The van der Waals surface area contributed by atoms with Gasteiger partial charge in [-0.15, -0.1) is 0 Å². The van der Waals surface area contributed by atoms with Crippen molar-refractivity contribution in [3.63, 3.8) is 0 Å². The predicted octanol–water partition coefficient (Wildman–Crippen LogP) is 4.26. The molecule has 3 aromatic carbocycles. The van der Waals surface area contributed by atoms with E-state index in [9.17, 15) is 14.0 Å². The van der Waals surface area contributed by atoms with Gasteiger partial charge in [0.05, 0.1) is 28.0 Å². The standard InChI is InChI=1S/C23H15FN4O2/c24-14-9-11-20(28-22(29)16-5-3-6-17(25)21(16)23(28)30)13(12-14)8-10-19-15-4-1-2-7-18(15)26-27-19/h1-12H,25H2,(H,26,27). The van der Waals surface area contributed by atoms with Crippen molar-refractivity contribution in [3.05, 3.63) is 88.9 Å². The molecule has 6 nitrogen and oxygen atoms in total. The fourth-order valence-electron chi connectivity index (χ4n) is 3.67. The SMILES string of the molecule is Nc1cccc2c1C(=O)N(c1ccc(F)cc1C=Cc1n[nH]c3ccccc13)C2=O. The highest BCUT2D eigenvalue weighted by atomic mass is 19.1. The van der Waals surface area contributed by atoms with Crippen molar-refractivity contribution < 1.29 is 14.0 Å². The number of carbonyl (C=O) groups is 2. The van der Waals surface area contributed by atoms with Crippen molar-refractivity contribution in [2.24, 2.45) is 0 Å². The number of benzene rings is 3. The summed E-state index contributed by atoms with van der Waals surface area (Å²) in [5, 5.41) is 8.10. The zero-order valence-electron chi connectivity index (χ0n) is 15.6. The topological polar surface area (TPSA) is 92.1 Å². The Morgan fingerprint density at radius 2 is 1.80 bits per heavy atom. The molecule has 2 heterocycles. The Morgan fingerprint density at radius 1 is 0.967 bits per heavy atom. The number of imide groups is 1. The number of para-hydroxylation sites is 1. The van der Waals surface area contributed by atoms with Crippen LogP contribution in [0.5, 0.6) is 0 Å². The first-order valence-corrected chi connectivity index (χ1v) is 9.22. The first-order chi connectivity index (χ1) is 14.5. The zero-order valence-corrected chi connectivity index (χ0v) is 15.6. The summed E-state index contributed by atoms with van der Waals surface area (Å²) < 4.78 is 14.0. The van der Waals surface area contributed by atoms with Crippen LogP contribution in [0.2, 0.25) is 0 Å². The molecule has 4 aromatic rings. The van der Waals surface area contributed by atoms with Gasteiger partial charge < -0.3 is 5.73 Å². The monoisotopic (exact) mass is 398 g/mol. The number of nitrogens with one attached hydrogen (secondary N) is 1. The molecule has 0 unspecified atom stereocenters. The predicted molar refractivity (Wildman–Crippen MR) is 113 cm³/mol. The second kappa shape index (κ2) is 6.66. The number of fused-ring (bicyclic) bond motifs is 2. The third-order valence-corrected chi connectivity index (χ3v) is 5.10. The van der Waals surface area contributed by atoms with Crippen LogP contribution in [0.1, 0.15) is 32.0 Å². The van der Waals surface area contributed by atoms with E-state index in [-0.39, 0.29) is 22.5 Å². The quantitative estimate of drug-likeness (QED) is 0.399. The van der Waals surface area contributed by atoms with Crippen LogP contribution in [0.4, 0.5) is 15.8 Å². The number of nitrogens with two attached hydrogens (primary N) is 1. The summed E-state index contributed by atoms with van der Waals surface area (Å²) >= 11 is 0. The molecule has 0 bridgehead atoms. The zero-order chi connectivity index (χ0) is 20.8. The van der Waals surface area contributed by atoms with Crippen LogP contribution in [0, 0.1) is 5.82 Å². The van der Waals surface area contributed by atoms with Gasteiger partial charge in [0.25, 0.3) is 11.8 Å². The number of nitrogen functional groups attached to an aromatic ring is 1. The van der Waals surface area contributed by atoms with Gasteiger partial charge in [0.1, 0.15) is 5.82 Å². The number of halogens is 1. The summed E-state index contributed by atoms with van der Waals surface area (Å²) in [4.78, 5) is 26.9. The third-order valence-electron chi connectivity index (χ3n) is 5.10. The number of rotatable bonds is 3. The lowest BCUT2D eigenvalue weighted by Gasteiger charge is -2.17. The first-order valence-electron chi connectivity index (χ1n) is 9.22. The van der Waals surface area contributed by atoms with E-state index in [2.05, 4.69) is 10.2 Å². The maximum absolute atomic E-state index is 14.0. The highest BCUT2D eigenvalue weighted by Crippen LogP contribution is 2.34. The van der Waals surface area contributed by atoms with E-state index in [1.165, 1.54) is 18.2 Å². The number of aromatic amines is 1. The maximum atomic E-state index is 14.0. The van der Waals surface area contributed by atoms with Gasteiger partial charge in [-0.2, -0.15) is 5.10 Å². The second-order valence-electron chi connectivity index (χ2n) is 6.91.